The third kappa shape index (κ3) is 15.5. The van der Waals surface area contributed by atoms with Gasteiger partial charge < -0.3 is 24.0 Å². The minimum absolute atomic E-state index is 0. The second kappa shape index (κ2) is 20.7. The van der Waals surface area contributed by atoms with Gasteiger partial charge in [-0.2, -0.15) is 6.20 Å². The number of rotatable bonds is 11. The number of nitrogens with one attached hydrogen (secondary N) is 2. The molecule has 2 unspecified atom stereocenters. The normalized spacial score (nSPS) is 16.4. The topological polar surface area (TPSA) is 78.5 Å². The number of hydrogen-bond donors (Lipinski definition) is 2. The number of carbonyl (C=O) groups is 1. The van der Waals surface area contributed by atoms with Crippen molar-refractivity contribution in [1.29, 1.82) is 0 Å². The summed E-state index contributed by atoms with van der Waals surface area (Å²) in [5.41, 5.74) is 0. The maximum atomic E-state index is 12.1. The van der Waals surface area contributed by atoms with E-state index in [-0.39, 0.29) is 40.3 Å². The molecule has 0 saturated carbocycles. The van der Waals surface area contributed by atoms with Crippen LogP contribution in [0.1, 0.15) is 52.4 Å². The van der Waals surface area contributed by atoms with Gasteiger partial charge in [0.2, 0.25) is 5.91 Å². The molecular formula is C18H37N3O3S2W. The molecule has 1 saturated heterocycles. The number of nitrogens with zero attached hydrogens (tertiary/aromatic N) is 1. The summed E-state index contributed by atoms with van der Waals surface area (Å²) in [5.74, 6) is 0.767. The monoisotopic (exact) mass is 591 g/mol. The van der Waals surface area contributed by atoms with Crippen LogP contribution >= 0.6 is 0 Å². The molecule has 0 aromatic rings. The number of amides is 1. The van der Waals surface area contributed by atoms with Crippen molar-refractivity contribution in [2.75, 3.05) is 31.6 Å². The van der Waals surface area contributed by atoms with Crippen molar-refractivity contribution in [3.63, 3.8) is 0 Å². The van der Waals surface area contributed by atoms with Gasteiger partial charge in [-0.25, -0.2) is 12.7 Å². The summed E-state index contributed by atoms with van der Waals surface area (Å²) in [6.45, 7) is 11.3. The molecule has 1 heterocycles. The zero-order valence-electron chi connectivity index (χ0n) is 17.2. The van der Waals surface area contributed by atoms with Gasteiger partial charge in [-0.05, 0) is 25.7 Å². The fourth-order valence-corrected chi connectivity index (χ4v) is 4.04. The summed E-state index contributed by atoms with van der Waals surface area (Å²) in [4.78, 5) is 12.1. The molecule has 1 amide bonds. The second-order valence-electron chi connectivity index (χ2n) is 5.67. The number of carbonyl (C=O) groups excluding carboxylic acids is 1. The Hall–Kier alpha value is -0.0417. The maximum absolute atomic E-state index is 12.1. The van der Waals surface area contributed by atoms with Crippen LogP contribution in [0, 0.1) is 19.9 Å². The van der Waals surface area contributed by atoms with E-state index in [0.717, 1.165) is 51.6 Å². The Labute approximate surface area is 186 Å². The number of hydrogen-bond acceptors (Lipinski definition) is 3. The molecular weight excluding hydrogens is 554 g/mol. The van der Waals surface area contributed by atoms with Crippen LogP contribution in [0.4, 0.5) is 0 Å². The van der Waals surface area contributed by atoms with Crippen LogP contribution in [0.2, 0.25) is 0 Å². The molecule has 1 aliphatic rings. The van der Waals surface area contributed by atoms with Gasteiger partial charge in [0.25, 0.3) is 0 Å². The minimum atomic E-state index is -1.07. The van der Waals surface area contributed by atoms with Crippen molar-refractivity contribution >= 4 is 27.9 Å². The first-order valence-electron chi connectivity index (χ1n) is 9.08. The third-order valence-electron chi connectivity index (χ3n) is 3.94. The molecule has 1 rings (SSSR count). The molecule has 1 fully saturated rings. The van der Waals surface area contributed by atoms with Crippen LogP contribution < -0.4 is 10.0 Å². The van der Waals surface area contributed by atoms with Gasteiger partial charge in [-0.3, -0.25) is 4.79 Å². The maximum Gasteiger partial charge on any atom is 2.00 e. The van der Waals surface area contributed by atoms with Gasteiger partial charge in [-0.1, -0.05) is 26.7 Å². The molecule has 1 aliphatic heterocycles. The molecule has 0 spiro atoms. The van der Waals surface area contributed by atoms with E-state index >= 15 is 0 Å². The van der Waals surface area contributed by atoms with Crippen molar-refractivity contribution in [3.8, 4) is 0 Å². The molecule has 6 nitrogen and oxygen atoms in total. The van der Waals surface area contributed by atoms with Gasteiger partial charge >= 0.3 is 21.1 Å². The first kappa shape index (κ1) is 31.6. The van der Waals surface area contributed by atoms with Crippen molar-refractivity contribution in [2.24, 2.45) is 5.92 Å². The molecule has 0 aliphatic carbocycles. The van der Waals surface area contributed by atoms with E-state index < -0.39 is 22.0 Å². The van der Waals surface area contributed by atoms with Crippen LogP contribution in [0.25, 0.3) is 0 Å². The van der Waals surface area contributed by atoms with E-state index in [2.05, 4.69) is 10.0 Å². The van der Waals surface area contributed by atoms with Crippen LogP contribution in [-0.4, -0.2) is 50.3 Å². The quantitative estimate of drug-likeness (QED) is 0.286. The summed E-state index contributed by atoms with van der Waals surface area (Å²) in [5, 5.41) is 2.99. The Morgan fingerprint density at radius 1 is 1.15 bits per heavy atom. The van der Waals surface area contributed by atoms with Gasteiger partial charge in [0.1, 0.15) is 11.0 Å². The Morgan fingerprint density at radius 2 is 1.70 bits per heavy atom. The first-order chi connectivity index (χ1) is 12.0. The molecule has 0 aromatic carbocycles. The van der Waals surface area contributed by atoms with Gasteiger partial charge in [0.05, 0.1) is 11.0 Å². The predicted octanol–water partition coefficient (Wildman–Crippen LogP) is 2.34. The largest absolute Gasteiger partial charge is 2.00 e. The Balaban J connectivity index is -0.00000139. The Morgan fingerprint density at radius 3 is 2.22 bits per heavy atom. The van der Waals surface area contributed by atoms with Crippen LogP contribution in [0.15, 0.2) is 6.20 Å². The predicted molar refractivity (Wildman–Crippen MR) is 113 cm³/mol. The van der Waals surface area contributed by atoms with Crippen molar-refractivity contribution in [3.05, 3.63) is 20.2 Å². The van der Waals surface area contributed by atoms with E-state index in [4.69, 9.17) is 6.58 Å². The fourth-order valence-electron chi connectivity index (χ4n) is 2.58. The zero-order chi connectivity index (χ0) is 19.1. The summed E-state index contributed by atoms with van der Waals surface area (Å²) in [6, 6.07) is 0. The summed E-state index contributed by atoms with van der Waals surface area (Å²) < 4.78 is 27.1. The van der Waals surface area contributed by atoms with E-state index in [1.165, 1.54) is 6.20 Å². The molecule has 160 valence electrons. The van der Waals surface area contributed by atoms with E-state index in [9.17, 15) is 13.2 Å². The summed E-state index contributed by atoms with van der Waals surface area (Å²) in [6.07, 6.45) is 8.27. The van der Waals surface area contributed by atoms with Crippen LogP contribution in [-0.2, 0) is 47.8 Å². The smallest absolute Gasteiger partial charge is 0.496 e. The Bertz CT molecular complexity index is 432. The molecule has 9 heteroatoms. The van der Waals surface area contributed by atoms with E-state index in [1.807, 2.05) is 18.2 Å². The molecule has 0 aromatic heterocycles. The van der Waals surface area contributed by atoms with Crippen LogP contribution in [0.3, 0.4) is 0 Å². The average Bonchev–Trinajstić information content (AvgIpc) is 2.62. The third-order valence-corrected chi connectivity index (χ3v) is 6.09. The summed E-state index contributed by atoms with van der Waals surface area (Å²) in [7, 11) is -2.00. The van der Waals surface area contributed by atoms with Gasteiger partial charge in [-0.15, -0.1) is 0 Å². The molecule has 0 radical (unpaired) electrons. The van der Waals surface area contributed by atoms with E-state index in [0.29, 0.717) is 12.3 Å². The van der Waals surface area contributed by atoms with E-state index in [1.54, 1.807) is 6.26 Å². The summed E-state index contributed by atoms with van der Waals surface area (Å²) >= 11 is 0. The SMILES string of the molecule is CC.[CH-]=CNS(=O)CCCCCCNC(=O)C1CCN(S(C)=O)CC1.[CH3-].[W+2]. The number of piperidine rings is 1. The standard InChI is InChI=1S/C15H28N3O3S2.C2H6.CH3.W/c1-3-17-23(21)13-7-5-4-6-10-16-15(19)14-8-11-18(12-9-14)22(2)20;1-2;;/h1,3,14,17H,4-13H2,2H3,(H,16,19);1-2H3;1H3;/q-1;;-1;+2. The second-order valence-corrected chi connectivity index (χ2v) is 8.37. The van der Waals surface area contributed by atoms with Gasteiger partial charge in [0.15, 0.2) is 0 Å². The molecule has 0 bridgehead atoms. The van der Waals surface area contributed by atoms with Gasteiger partial charge in [0, 0.05) is 37.6 Å². The first-order valence-corrected chi connectivity index (χ1v) is 11.9. The van der Waals surface area contributed by atoms with Crippen molar-refractivity contribution in [2.45, 2.75) is 52.4 Å². The molecule has 2 N–H and O–H groups in total. The Kier molecular flexibility index (Phi) is 24.2. The average molecular weight is 591 g/mol. The van der Waals surface area contributed by atoms with Crippen molar-refractivity contribution in [1.82, 2.24) is 14.3 Å². The van der Waals surface area contributed by atoms with Crippen molar-refractivity contribution < 1.29 is 34.3 Å². The zero-order valence-corrected chi connectivity index (χ0v) is 21.8. The molecule has 27 heavy (non-hydrogen) atoms. The fraction of sp³-hybridized carbons (Fsp3) is 0.778. The number of unbranched alkanes of at least 4 members (excludes halogenated alkanes) is 3. The minimum Gasteiger partial charge on any atom is -0.496 e. The molecule has 2 atom stereocenters. The van der Waals surface area contributed by atoms with Crippen LogP contribution in [0.5, 0.6) is 0 Å².